The first kappa shape index (κ1) is 26.6. The molecule has 0 aliphatic carbocycles. The quantitative estimate of drug-likeness (QED) is 0.370. The van der Waals surface area contributed by atoms with Crippen molar-refractivity contribution in [3.63, 3.8) is 0 Å². The number of carbonyl (C=O) groups is 2. The lowest BCUT2D eigenvalue weighted by Gasteiger charge is -2.20. The highest BCUT2D eigenvalue weighted by Crippen LogP contribution is 2.29. The van der Waals surface area contributed by atoms with Crippen molar-refractivity contribution in [2.24, 2.45) is 0 Å². The summed E-state index contributed by atoms with van der Waals surface area (Å²) in [5.41, 5.74) is 0.672. The molecule has 0 aliphatic rings. The zero-order chi connectivity index (χ0) is 25.6. The highest BCUT2D eigenvalue weighted by Gasteiger charge is 2.21. The van der Waals surface area contributed by atoms with Gasteiger partial charge in [-0.25, -0.2) is 13.2 Å². The van der Waals surface area contributed by atoms with E-state index in [4.69, 9.17) is 44.3 Å². The summed E-state index contributed by atoms with van der Waals surface area (Å²) in [6, 6.07) is 16.6. The van der Waals surface area contributed by atoms with Gasteiger partial charge >= 0.3 is 5.97 Å². The summed E-state index contributed by atoms with van der Waals surface area (Å²) in [5, 5.41) is 3.36. The zero-order valence-corrected chi connectivity index (χ0v) is 21.3. The minimum atomic E-state index is -3.78. The molecule has 0 aromatic heterocycles. The lowest BCUT2D eigenvalue weighted by Crippen LogP contribution is -2.26. The van der Waals surface area contributed by atoms with Crippen molar-refractivity contribution >= 4 is 68.1 Å². The number of carbonyl (C=O) groups excluding carboxylic acids is 2. The minimum absolute atomic E-state index is 0.0918. The van der Waals surface area contributed by atoms with E-state index < -0.39 is 35.1 Å². The van der Waals surface area contributed by atoms with E-state index in [1.807, 2.05) is 0 Å². The Balaban J connectivity index is 1.49. The third kappa shape index (κ3) is 7.02. The van der Waals surface area contributed by atoms with Crippen LogP contribution in [0, 0.1) is 0 Å². The minimum Gasteiger partial charge on any atom is -0.482 e. The molecule has 0 heterocycles. The summed E-state index contributed by atoms with van der Waals surface area (Å²) in [7, 11) is -2.37. The number of sulfonamides is 1. The number of halogens is 3. The molecule has 184 valence electrons. The Kier molecular flexibility index (Phi) is 8.85. The maximum atomic E-state index is 12.8. The maximum absolute atomic E-state index is 12.8. The number of esters is 1. The molecule has 0 atom stereocenters. The lowest BCUT2D eigenvalue weighted by atomic mass is 10.3. The van der Waals surface area contributed by atoms with E-state index in [0.717, 1.165) is 4.31 Å². The summed E-state index contributed by atoms with van der Waals surface area (Å²) in [6.07, 6.45) is 0. The molecule has 8 nitrogen and oxygen atoms in total. The smallest absolute Gasteiger partial charge is 0.344 e. The first-order chi connectivity index (χ1) is 16.6. The van der Waals surface area contributed by atoms with Crippen LogP contribution in [0.5, 0.6) is 5.75 Å². The Hall–Kier alpha value is -2.98. The highest BCUT2D eigenvalue weighted by atomic mass is 35.5. The largest absolute Gasteiger partial charge is 0.482 e. The highest BCUT2D eigenvalue weighted by molar-refractivity contribution is 7.92. The second-order valence-electron chi connectivity index (χ2n) is 7.02. The number of hydrogen-bond donors (Lipinski definition) is 1. The van der Waals surface area contributed by atoms with E-state index in [0.29, 0.717) is 22.1 Å². The number of benzene rings is 3. The van der Waals surface area contributed by atoms with Crippen LogP contribution < -0.4 is 14.4 Å². The van der Waals surface area contributed by atoms with Gasteiger partial charge in [0.25, 0.3) is 15.9 Å². The molecule has 35 heavy (non-hydrogen) atoms. The second-order valence-corrected chi connectivity index (χ2v) is 10.2. The average Bonchev–Trinajstić information content (AvgIpc) is 2.84. The molecule has 0 radical (unpaired) electrons. The number of anilines is 2. The van der Waals surface area contributed by atoms with Gasteiger partial charge in [-0.2, -0.15) is 0 Å². The molecule has 1 N–H and O–H groups in total. The van der Waals surface area contributed by atoms with Crippen LogP contribution in [0.15, 0.2) is 71.6 Å². The van der Waals surface area contributed by atoms with E-state index >= 15 is 0 Å². The van der Waals surface area contributed by atoms with Crippen LogP contribution in [-0.2, 0) is 24.3 Å². The Labute approximate surface area is 217 Å². The predicted octanol–water partition coefficient (Wildman–Crippen LogP) is 5.03. The Morgan fingerprint density at radius 1 is 0.914 bits per heavy atom. The van der Waals surface area contributed by atoms with Crippen LogP contribution in [0.25, 0.3) is 0 Å². The third-order valence-corrected chi connectivity index (χ3v) is 7.49. The van der Waals surface area contributed by atoms with Crippen LogP contribution in [-0.4, -0.2) is 40.6 Å². The number of nitrogens with zero attached hydrogens (tertiary/aromatic N) is 1. The molecule has 3 aromatic carbocycles. The van der Waals surface area contributed by atoms with E-state index in [1.165, 1.54) is 55.6 Å². The van der Waals surface area contributed by atoms with E-state index in [9.17, 15) is 18.0 Å². The third-order valence-electron chi connectivity index (χ3n) is 4.62. The summed E-state index contributed by atoms with van der Waals surface area (Å²) in [6.45, 7) is -0.999. The standard InChI is InChI=1S/C23H19Cl3N2O6S/c1-28(35(31,32)18-11-5-15(24)6-12-18)16-7-9-17(10-8-16)33-14-22(30)34-13-21(29)27-20-4-2-3-19(25)23(20)26/h2-12H,13-14H2,1H3,(H,27,29). The van der Waals surface area contributed by atoms with Crippen molar-refractivity contribution < 1.29 is 27.5 Å². The van der Waals surface area contributed by atoms with Gasteiger partial charge in [0, 0.05) is 12.1 Å². The molecular weight excluding hydrogens is 539 g/mol. The van der Waals surface area contributed by atoms with Gasteiger partial charge in [0.2, 0.25) is 0 Å². The van der Waals surface area contributed by atoms with Crippen molar-refractivity contribution in [1.82, 2.24) is 0 Å². The molecule has 0 fully saturated rings. The molecule has 0 saturated heterocycles. The maximum Gasteiger partial charge on any atom is 0.344 e. The van der Waals surface area contributed by atoms with Gasteiger partial charge < -0.3 is 14.8 Å². The van der Waals surface area contributed by atoms with Gasteiger partial charge in [-0.05, 0) is 60.7 Å². The molecule has 0 bridgehead atoms. The fourth-order valence-corrected chi connectivity index (χ4v) is 4.44. The zero-order valence-electron chi connectivity index (χ0n) is 18.2. The number of hydrogen-bond acceptors (Lipinski definition) is 6. The summed E-state index contributed by atoms with van der Waals surface area (Å²) in [5.74, 6) is -1.07. The van der Waals surface area contributed by atoms with Crippen LogP contribution in [0.2, 0.25) is 15.1 Å². The average molecular weight is 558 g/mol. The van der Waals surface area contributed by atoms with Gasteiger partial charge in [0.1, 0.15) is 5.75 Å². The van der Waals surface area contributed by atoms with Gasteiger partial charge in [-0.15, -0.1) is 0 Å². The van der Waals surface area contributed by atoms with Crippen molar-refractivity contribution in [1.29, 1.82) is 0 Å². The normalized spacial score (nSPS) is 11.0. The van der Waals surface area contributed by atoms with E-state index in [1.54, 1.807) is 18.2 Å². The van der Waals surface area contributed by atoms with Gasteiger partial charge in [-0.3, -0.25) is 9.10 Å². The van der Waals surface area contributed by atoms with Crippen LogP contribution >= 0.6 is 34.8 Å². The molecule has 0 spiro atoms. The van der Waals surface area contributed by atoms with Crippen LogP contribution in [0.4, 0.5) is 11.4 Å². The lowest BCUT2D eigenvalue weighted by molar-refractivity contribution is -0.149. The first-order valence-electron chi connectivity index (χ1n) is 9.95. The van der Waals surface area contributed by atoms with Crippen LogP contribution in [0.3, 0.4) is 0 Å². The van der Waals surface area contributed by atoms with Gasteiger partial charge in [0.15, 0.2) is 13.2 Å². The fourth-order valence-electron chi connectivity index (χ4n) is 2.77. The first-order valence-corrected chi connectivity index (χ1v) is 12.5. The van der Waals surface area contributed by atoms with E-state index in [-0.39, 0.29) is 14.9 Å². The number of rotatable bonds is 9. The van der Waals surface area contributed by atoms with Gasteiger partial charge in [-0.1, -0.05) is 40.9 Å². The molecule has 1 amide bonds. The van der Waals surface area contributed by atoms with Crippen molar-refractivity contribution in [3.8, 4) is 5.75 Å². The fraction of sp³-hybridized carbons (Fsp3) is 0.130. The Bertz CT molecular complexity index is 1320. The molecule has 0 saturated carbocycles. The number of ether oxygens (including phenoxy) is 2. The SMILES string of the molecule is CN(c1ccc(OCC(=O)OCC(=O)Nc2cccc(Cl)c2Cl)cc1)S(=O)(=O)c1ccc(Cl)cc1. The Morgan fingerprint density at radius 3 is 2.23 bits per heavy atom. The summed E-state index contributed by atoms with van der Waals surface area (Å²) < 4.78 is 36.9. The molecule has 0 aliphatic heterocycles. The topological polar surface area (TPSA) is 102 Å². The van der Waals surface area contributed by atoms with Crippen LogP contribution in [0.1, 0.15) is 0 Å². The molecule has 3 aromatic rings. The molecule has 12 heteroatoms. The van der Waals surface area contributed by atoms with E-state index in [2.05, 4.69) is 5.32 Å². The Morgan fingerprint density at radius 2 is 1.57 bits per heavy atom. The van der Waals surface area contributed by atoms with Crippen molar-refractivity contribution in [3.05, 3.63) is 81.8 Å². The number of amides is 1. The second kappa shape index (κ2) is 11.6. The summed E-state index contributed by atoms with van der Waals surface area (Å²) >= 11 is 17.7. The summed E-state index contributed by atoms with van der Waals surface area (Å²) in [4.78, 5) is 24.0. The van der Waals surface area contributed by atoms with Crippen molar-refractivity contribution in [2.45, 2.75) is 4.90 Å². The predicted molar refractivity (Wildman–Crippen MR) is 135 cm³/mol. The molecule has 0 unspecified atom stereocenters. The van der Waals surface area contributed by atoms with Crippen molar-refractivity contribution in [2.75, 3.05) is 29.9 Å². The molecular formula is C23H19Cl3N2O6S. The van der Waals surface area contributed by atoms with Gasteiger partial charge in [0.05, 0.1) is 26.3 Å². The monoisotopic (exact) mass is 556 g/mol. The number of nitrogens with one attached hydrogen (secondary N) is 1. The molecule has 3 rings (SSSR count).